The molecule has 104 valence electrons. The summed E-state index contributed by atoms with van der Waals surface area (Å²) >= 11 is 0. The number of rotatable bonds is 3. The molecular weight excluding hydrogens is 248 g/mol. The minimum Gasteiger partial charge on any atom is -0.334 e. The number of nitrogens with one attached hydrogen (secondary N) is 1. The minimum absolute atomic E-state index is 0.161. The Balaban J connectivity index is 1.88. The van der Waals surface area contributed by atoms with Crippen LogP contribution in [-0.4, -0.2) is 37.0 Å². The van der Waals surface area contributed by atoms with E-state index in [2.05, 4.69) is 17.4 Å². The van der Waals surface area contributed by atoms with Crippen molar-refractivity contribution in [3.63, 3.8) is 0 Å². The zero-order valence-electron chi connectivity index (χ0n) is 11.8. The highest BCUT2D eigenvalue weighted by atomic mass is 16.2. The van der Waals surface area contributed by atoms with Crippen LogP contribution in [0.4, 0.5) is 0 Å². The van der Waals surface area contributed by atoms with Crippen LogP contribution in [0.3, 0.4) is 0 Å². The molecule has 1 aliphatic rings. The van der Waals surface area contributed by atoms with Gasteiger partial charge in [-0.1, -0.05) is 30.3 Å². The third-order valence-electron chi connectivity index (χ3n) is 4.07. The van der Waals surface area contributed by atoms with E-state index in [1.165, 1.54) is 5.39 Å². The van der Waals surface area contributed by atoms with E-state index in [1.54, 1.807) is 0 Å². The zero-order valence-corrected chi connectivity index (χ0v) is 11.8. The van der Waals surface area contributed by atoms with E-state index >= 15 is 0 Å². The summed E-state index contributed by atoms with van der Waals surface area (Å²) in [6, 6.07) is 14.5. The molecule has 20 heavy (non-hydrogen) atoms. The van der Waals surface area contributed by atoms with Gasteiger partial charge in [0.05, 0.1) is 0 Å². The van der Waals surface area contributed by atoms with Crippen LogP contribution in [0.2, 0.25) is 0 Å². The van der Waals surface area contributed by atoms with E-state index < -0.39 is 0 Å². The third-order valence-corrected chi connectivity index (χ3v) is 4.07. The van der Waals surface area contributed by atoms with E-state index in [0.29, 0.717) is 6.04 Å². The van der Waals surface area contributed by atoms with E-state index in [9.17, 15) is 4.79 Å². The summed E-state index contributed by atoms with van der Waals surface area (Å²) in [5.74, 6) is 0.161. The van der Waals surface area contributed by atoms with Crippen LogP contribution < -0.4 is 5.32 Å². The molecule has 0 saturated carbocycles. The van der Waals surface area contributed by atoms with Gasteiger partial charge in [0.25, 0.3) is 5.91 Å². The Morgan fingerprint density at radius 2 is 2.05 bits per heavy atom. The van der Waals surface area contributed by atoms with Crippen LogP contribution in [0.15, 0.2) is 42.5 Å². The number of fused-ring (bicyclic) bond motifs is 1. The molecule has 1 N–H and O–H groups in total. The Bertz CT molecular complexity index is 623. The van der Waals surface area contributed by atoms with Gasteiger partial charge >= 0.3 is 0 Å². The Morgan fingerprint density at radius 1 is 1.25 bits per heavy atom. The highest BCUT2D eigenvalue weighted by molar-refractivity contribution is 5.98. The first-order valence-electron chi connectivity index (χ1n) is 7.24. The molecule has 1 unspecified atom stereocenters. The molecule has 2 aromatic carbocycles. The van der Waals surface area contributed by atoms with Crippen LogP contribution in [-0.2, 0) is 0 Å². The summed E-state index contributed by atoms with van der Waals surface area (Å²) < 4.78 is 0. The molecule has 1 atom stereocenters. The average Bonchev–Trinajstić information content (AvgIpc) is 2.94. The van der Waals surface area contributed by atoms with E-state index in [-0.39, 0.29) is 5.91 Å². The molecule has 0 bridgehead atoms. The molecule has 1 aliphatic heterocycles. The fourth-order valence-electron chi connectivity index (χ4n) is 3.04. The molecule has 1 saturated heterocycles. The van der Waals surface area contributed by atoms with Gasteiger partial charge in [-0.15, -0.1) is 0 Å². The highest BCUT2D eigenvalue weighted by Gasteiger charge is 2.28. The predicted octanol–water partition coefficient (Wildman–Crippen LogP) is 2.66. The van der Waals surface area contributed by atoms with Gasteiger partial charge in [-0.05, 0) is 42.8 Å². The van der Waals surface area contributed by atoms with Crippen LogP contribution in [0.1, 0.15) is 23.2 Å². The summed E-state index contributed by atoms with van der Waals surface area (Å²) in [7, 11) is 1.94. The van der Waals surface area contributed by atoms with Crippen molar-refractivity contribution in [2.45, 2.75) is 18.9 Å². The second kappa shape index (κ2) is 5.63. The third kappa shape index (κ3) is 2.41. The lowest BCUT2D eigenvalue weighted by molar-refractivity contribution is 0.0737. The maximum Gasteiger partial charge on any atom is 0.254 e. The highest BCUT2D eigenvalue weighted by Crippen LogP contribution is 2.22. The van der Waals surface area contributed by atoms with Crippen molar-refractivity contribution in [3.05, 3.63) is 48.0 Å². The van der Waals surface area contributed by atoms with Crippen molar-refractivity contribution in [1.82, 2.24) is 10.2 Å². The van der Waals surface area contributed by atoms with Crippen LogP contribution in [0.5, 0.6) is 0 Å². The number of nitrogens with zero attached hydrogens (tertiary/aromatic N) is 1. The molecule has 0 radical (unpaired) electrons. The number of likely N-dealkylation sites (tertiary alicyclic amines) is 1. The van der Waals surface area contributed by atoms with Crippen molar-refractivity contribution in [3.8, 4) is 0 Å². The summed E-state index contributed by atoms with van der Waals surface area (Å²) in [5.41, 5.74) is 0.798. The minimum atomic E-state index is 0.161. The topological polar surface area (TPSA) is 32.3 Å². The van der Waals surface area contributed by atoms with Crippen molar-refractivity contribution in [1.29, 1.82) is 0 Å². The number of amides is 1. The van der Waals surface area contributed by atoms with Crippen molar-refractivity contribution in [2.75, 3.05) is 20.1 Å². The lowest BCUT2D eigenvalue weighted by atomic mass is 10.1. The summed E-state index contributed by atoms with van der Waals surface area (Å²) in [4.78, 5) is 14.7. The molecule has 1 amide bonds. The predicted molar refractivity (Wildman–Crippen MR) is 81.9 cm³/mol. The van der Waals surface area contributed by atoms with Crippen LogP contribution in [0, 0.1) is 0 Å². The Morgan fingerprint density at radius 3 is 2.85 bits per heavy atom. The van der Waals surface area contributed by atoms with Gasteiger partial charge in [-0.25, -0.2) is 0 Å². The molecule has 0 aromatic heterocycles. The number of carbonyl (C=O) groups is 1. The normalized spacial score (nSPS) is 18.6. The van der Waals surface area contributed by atoms with Gasteiger partial charge in [0.15, 0.2) is 0 Å². The molecule has 2 aromatic rings. The number of hydrogen-bond donors (Lipinski definition) is 1. The molecule has 3 nitrogen and oxygen atoms in total. The van der Waals surface area contributed by atoms with Crippen molar-refractivity contribution >= 4 is 16.7 Å². The van der Waals surface area contributed by atoms with Gasteiger partial charge in [-0.3, -0.25) is 4.79 Å². The molecule has 1 heterocycles. The molecule has 3 heteroatoms. The number of hydrogen-bond acceptors (Lipinski definition) is 2. The fourth-order valence-corrected chi connectivity index (χ4v) is 3.04. The van der Waals surface area contributed by atoms with Crippen LogP contribution >= 0.6 is 0 Å². The van der Waals surface area contributed by atoms with Gasteiger partial charge in [0.2, 0.25) is 0 Å². The number of benzene rings is 2. The summed E-state index contributed by atoms with van der Waals surface area (Å²) in [5, 5.41) is 5.49. The lowest BCUT2D eigenvalue weighted by Gasteiger charge is -2.24. The molecule has 0 spiro atoms. The second-order valence-corrected chi connectivity index (χ2v) is 5.41. The Labute approximate surface area is 119 Å². The maximum atomic E-state index is 12.7. The van der Waals surface area contributed by atoms with E-state index in [4.69, 9.17) is 0 Å². The van der Waals surface area contributed by atoms with Gasteiger partial charge in [0, 0.05) is 24.7 Å². The second-order valence-electron chi connectivity index (χ2n) is 5.41. The first-order chi connectivity index (χ1) is 9.79. The molecule has 1 fully saturated rings. The first kappa shape index (κ1) is 13.1. The largest absolute Gasteiger partial charge is 0.334 e. The standard InChI is InChI=1S/C17H20N2O/c1-18-12-16-7-4-10-19(16)17(20)15-9-8-13-5-2-3-6-14(13)11-15/h2-3,5-6,8-9,11,16,18H,4,7,10,12H2,1H3. The van der Waals surface area contributed by atoms with E-state index in [1.807, 2.05) is 42.3 Å². The summed E-state index contributed by atoms with van der Waals surface area (Å²) in [6.45, 7) is 1.75. The first-order valence-corrected chi connectivity index (χ1v) is 7.24. The van der Waals surface area contributed by atoms with E-state index in [0.717, 1.165) is 36.9 Å². The number of carbonyl (C=O) groups excluding carboxylic acids is 1. The van der Waals surface area contributed by atoms with Crippen molar-refractivity contribution < 1.29 is 4.79 Å². The van der Waals surface area contributed by atoms with Gasteiger partial charge in [-0.2, -0.15) is 0 Å². The van der Waals surface area contributed by atoms with Crippen LogP contribution in [0.25, 0.3) is 10.8 Å². The summed E-state index contributed by atoms with van der Waals surface area (Å²) in [6.07, 6.45) is 2.20. The van der Waals surface area contributed by atoms with Gasteiger partial charge < -0.3 is 10.2 Å². The SMILES string of the molecule is CNCC1CCCN1C(=O)c1ccc2ccccc2c1. The van der Waals surface area contributed by atoms with Gasteiger partial charge in [0.1, 0.15) is 0 Å². The fraction of sp³-hybridized carbons (Fsp3) is 0.353. The number of likely N-dealkylation sites (N-methyl/N-ethyl adjacent to an activating group) is 1. The molecular formula is C17H20N2O. The average molecular weight is 268 g/mol. The Hall–Kier alpha value is -1.87. The zero-order chi connectivity index (χ0) is 13.9. The maximum absolute atomic E-state index is 12.7. The lowest BCUT2D eigenvalue weighted by Crippen LogP contribution is -2.40. The molecule has 0 aliphatic carbocycles. The molecule has 3 rings (SSSR count). The quantitative estimate of drug-likeness (QED) is 0.928. The monoisotopic (exact) mass is 268 g/mol. The van der Waals surface area contributed by atoms with Crippen molar-refractivity contribution in [2.24, 2.45) is 0 Å². The Kier molecular flexibility index (Phi) is 3.70. The smallest absolute Gasteiger partial charge is 0.254 e.